The maximum absolute atomic E-state index is 10.8. The quantitative estimate of drug-likeness (QED) is 0.189. The van der Waals surface area contributed by atoms with Gasteiger partial charge in [0.15, 0.2) is 0 Å². The fourth-order valence-corrected chi connectivity index (χ4v) is 7.65. The van der Waals surface area contributed by atoms with E-state index in [2.05, 4.69) is 110 Å². The molecule has 0 aliphatic rings. The molecule has 5 nitrogen and oxygen atoms in total. The predicted octanol–water partition coefficient (Wildman–Crippen LogP) is 9.26. The van der Waals surface area contributed by atoms with Crippen LogP contribution in [0.3, 0.4) is 0 Å². The molecule has 46 heavy (non-hydrogen) atoms. The van der Waals surface area contributed by atoms with Crippen molar-refractivity contribution in [2.24, 2.45) is 7.05 Å². The highest BCUT2D eigenvalue weighted by molar-refractivity contribution is 6.89. The lowest BCUT2D eigenvalue weighted by atomic mass is 9.94. The number of phenols is 1. The van der Waals surface area contributed by atoms with Crippen LogP contribution in [-0.4, -0.2) is 32.7 Å². The van der Waals surface area contributed by atoms with E-state index >= 15 is 0 Å². The number of aromatic nitrogens is 4. The van der Waals surface area contributed by atoms with Crippen molar-refractivity contribution < 1.29 is 5.11 Å². The first-order chi connectivity index (χ1) is 22.2. The van der Waals surface area contributed by atoms with E-state index < -0.39 is 8.07 Å². The smallest absolute Gasteiger partial charge is 0.144 e. The molecule has 0 unspecified atom stereocenters. The van der Waals surface area contributed by atoms with Crippen molar-refractivity contribution in [2.75, 3.05) is 0 Å². The van der Waals surface area contributed by atoms with Crippen LogP contribution in [0.4, 0.5) is 0 Å². The van der Waals surface area contributed by atoms with Crippen molar-refractivity contribution in [2.45, 2.75) is 26.6 Å². The van der Waals surface area contributed by atoms with Crippen molar-refractivity contribution in [1.29, 1.82) is 0 Å². The van der Waals surface area contributed by atoms with Gasteiger partial charge in [0.1, 0.15) is 17.1 Å². The van der Waals surface area contributed by atoms with Crippen LogP contribution in [0.25, 0.3) is 67.1 Å². The lowest BCUT2D eigenvalue weighted by molar-refractivity contribution is 0.476. The number of imidazole rings is 1. The number of benzene rings is 4. The fourth-order valence-electron chi connectivity index (χ4n) is 6.18. The predicted molar refractivity (Wildman–Crippen MR) is 193 cm³/mol. The van der Waals surface area contributed by atoms with Gasteiger partial charge >= 0.3 is 0 Å². The molecule has 3 aromatic heterocycles. The maximum atomic E-state index is 10.8. The molecule has 3 heterocycles. The summed E-state index contributed by atoms with van der Waals surface area (Å²) in [5, 5.41) is 12.1. The van der Waals surface area contributed by atoms with Crippen molar-refractivity contribution >= 4 is 24.3 Å². The van der Waals surface area contributed by atoms with Gasteiger partial charge in [0.25, 0.3) is 0 Å². The molecule has 0 atom stereocenters. The highest BCUT2D eigenvalue weighted by Crippen LogP contribution is 2.38. The van der Waals surface area contributed by atoms with E-state index in [-0.39, 0.29) is 5.75 Å². The third-order valence-electron chi connectivity index (χ3n) is 8.63. The van der Waals surface area contributed by atoms with E-state index in [4.69, 9.17) is 9.97 Å². The van der Waals surface area contributed by atoms with Crippen LogP contribution < -0.4 is 5.19 Å². The first kappa shape index (κ1) is 29.4. The third kappa shape index (κ3) is 5.41. The molecule has 0 bridgehead atoms. The molecule has 0 amide bonds. The Bertz CT molecular complexity index is 2220. The number of hydrogen-bond acceptors (Lipinski definition) is 4. The molecule has 0 aliphatic carbocycles. The molecule has 0 saturated carbocycles. The minimum absolute atomic E-state index is 0.203. The van der Waals surface area contributed by atoms with E-state index in [0.29, 0.717) is 11.4 Å². The Morgan fingerprint density at radius 3 is 2.02 bits per heavy atom. The van der Waals surface area contributed by atoms with Crippen LogP contribution in [0.5, 0.6) is 5.75 Å². The van der Waals surface area contributed by atoms with Crippen molar-refractivity contribution in [3.05, 3.63) is 127 Å². The molecule has 226 valence electrons. The summed E-state index contributed by atoms with van der Waals surface area (Å²) in [4.78, 5) is 14.9. The standard InChI is InChI=1S/C40H36N4OSi/c1-26-16-17-37(45)33(18-26)40-43-39-34(23-41-24-36(39)44(40)2)30-19-29(27-12-8-6-9-13-27)20-31(21-30)35-22-32(28-14-10-7-11-15-28)38(25-42-35)46(3,4)5/h6-25,45H,1-5H3. The Labute approximate surface area is 270 Å². The molecule has 0 fully saturated rings. The summed E-state index contributed by atoms with van der Waals surface area (Å²) in [6.45, 7) is 9.13. The van der Waals surface area contributed by atoms with Crippen LogP contribution in [0.15, 0.2) is 122 Å². The van der Waals surface area contributed by atoms with E-state index in [1.165, 1.54) is 16.3 Å². The van der Waals surface area contributed by atoms with E-state index in [1.54, 1.807) is 6.07 Å². The number of aromatic hydroxyl groups is 1. The number of pyridine rings is 2. The van der Waals surface area contributed by atoms with Crippen LogP contribution in [0.2, 0.25) is 19.6 Å². The Kier molecular flexibility index (Phi) is 7.38. The Balaban J connectivity index is 1.46. The normalized spacial score (nSPS) is 11.7. The van der Waals surface area contributed by atoms with Crippen LogP contribution in [0, 0.1) is 6.92 Å². The molecule has 0 spiro atoms. The maximum Gasteiger partial charge on any atom is 0.144 e. The van der Waals surface area contributed by atoms with Crippen LogP contribution in [0.1, 0.15) is 5.56 Å². The van der Waals surface area contributed by atoms with Gasteiger partial charge < -0.3 is 9.67 Å². The van der Waals surface area contributed by atoms with Gasteiger partial charge in [0, 0.05) is 30.6 Å². The van der Waals surface area contributed by atoms with Gasteiger partial charge in [0.2, 0.25) is 0 Å². The minimum Gasteiger partial charge on any atom is -0.507 e. The zero-order valence-electron chi connectivity index (χ0n) is 26.8. The number of rotatable bonds is 6. The first-order valence-corrected chi connectivity index (χ1v) is 19.0. The molecule has 4 aromatic carbocycles. The van der Waals surface area contributed by atoms with Gasteiger partial charge in [-0.1, -0.05) is 91.9 Å². The van der Waals surface area contributed by atoms with Gasteiger partial charge in [-0.3, -0.25) is 9.97 Å². The number of fused-ring (bicyclic) bond motifs is 1. The topological polar surface area (TPSA) is 63.8 Å². The molecular formula is C40H36N4OSi. The van der Waals surface area contributed by atoms with E-state index in [0.717, 1.165) is 50.1 Å². The van der Waals surface area contributed by atoms with Gasteiger partial charge in [-0.05, 0) is 76.3 Å². The molecule has 0 aliphatic heterocycles. The lowest BCUT2D eigenvalue weighted by Crippen LogP contribution is -2.39. The van der Waals surface area contributed by atoms with Gasteiger partial charge in [-0.15, -0.1) is 0 Å². The molecule has 7 rings (SSSR count). The number of aryl methyl sites for hydroxylation is 2. The summed E-state index contributed by atoms with van der Waals surface area (Å²) in [7, 11) is 0.291. The number of hydrogen-bond donors (Lipinski definition) is 1. The second-order valence-corrected chi connectivity index (χ2v) is 18.0. The zero-order valence-corrected chi connectivity index (χ0v) is 27.8. The average molecular weight is 617 g/mol. The third-order valence-corrected chi connectivity index (χ3v) is 10.6. The fraction of sp³-hybridized carbons (Fsp3) is 0.125. The van der Waals surface area contributed by atoms with Crippen molar-refractivity contribution in [1.82, 2.24) is 19.5 Å². The molecule has 0 radical (unpaired) electrons. The summed E-state index contributed by atoms with van der Waals surface area (Å²) >= 11 is 0. The van der Waals surface area contributed by atoms with Gasteiger partial charge in [-0.25, -0.2) is 4.98 Å². The summed E-state index contributed by atoms with van der Waals surface area (Å²) in [6, 6.07) is 35.6. The SMILES string of the molecule is Cc1ccc(O)c(-c2nc3c(-c4cc(-c5ccccc5)cc(-c5cc(-c6ccccc6)c([Si](C)(C)C)cn5)c4)cncc3n2C)c1. The van der Waals surface area contributed by atoms with Crippen LogP contribution >= 0.6 is 0 Å². The van der Waals surface area contributed by atoms with Crippen molar-refractivity contribution in [3.8, 4) is 61.8 Å². The first-order valence-electron chi connectivity index (χ1n) is 15.5. The summed E-state index contributed by atoms with van der Waals surface area (Å²) < 4.78 is 2.01. The lowest BCUT2D eigenvalue weighted by Gasteiger charge is -2.22. The second-order valence-electron chi connectivity index (χ2n) is 13.0. The summed E-state index contributed by atoms with van der Waals surface area (Å²) in [6.07, 6.45) is 5.83. The molecule has 0 saturated heterocycles. The highest BCUT2D eigenvalue weighted by atomic mass is 28.3. The monoisotopic (exact) mass is 616 g/mol. The Morgan fingerprint density at radius 2 is 1.30 bits per heavy atom. The minimum atomic E-state index is -1.68. The molecule has 6 heteroatoms. The molecular weight excluding hydrogens is 581 g/mol. The molecule has 1 N–H and O–H groups in total. The largest absolute Gasteiger partial charge is 0.507 e. The van der Waals surface area contributed by atoms with Gasteiger partial charge in [0.05, 0.1) is 31.0 Å². The van der Waals surface area contributed by atoms with E-state index in [1.807, 2.05) is 49.1 Å². The average Bonchev–Trinajstić information content (AvgIpc) is 3.41. The van der Waals surface area contributed by atoms with Crippen LogP contribution in [-0.2, 0) is 7.05 Å². The highest BCUT2D eigenvalue weighted by Gasteiger charge is 2.23. The summed E-state index contributed by atoms with van der Waals surface area (Å²) in [5.41, 5.74) is 12.0. The second kappa shape index (κ2) is 11.5. The Morgan fingerprint density at radius 1 is 0.630 bits per heavy atom. The Hall–Kier alpha value is -5.33. The van der Waals surface area contributed by atoms with Crippen molar-refractivity contribution in [3.63, 3.8) is 0 Å². The van der Waals surface area contributed by atoms with Gasteiger partial charge in [-0.2, -0.15) is 0 Å². The molecule has 7 aromatic rings. The zero-order chi connectivity index (χ0) is 32.0. The summed E-state index contributed by atoms with van der Waals surface area (Å²) in [5.74, 6) is 0.898. The number of nitrogens with zero attached hydrogens (tertiary/aromatic N) is 4. The van der Waals surface area contributed by atoms with E-state index in [9.17, 15) is 5.11 Å². The number of phenolic OH excluding ortho intramolecular Hbond substituents is 1.